The Bertz CT molecular complexity index is 297. The Kier molecular flexibility index (Phi) is 3.65. The van der Waals surface area contributed by atoms with Crippen LogP contribution in [0.2, 0.25) is 0 Å². The smallest absolute Gasteiger partial charge is 0.228 e. The number of aliphatic hydroxyl groups is 1. The van der Waals surface area contributed by atoms with Crippen molar-refractivity contribution in [2.45, 2.75) is 13.0 Å². The third-order valence-corrected chi connectivity index (χ3v) is 2.40. The Morgan fingerprint density at radius 3 is 2.80 bits per heavy atom. The Morgan fingerprint density at radius 1 is 1.33 bits per heavy atom. The molecular weight excluding hydrogens is 198 g/mol. The maximum atomic E-state index is 8.76. The van der Waals surface area contributed by atoms with Gasteiger partial charge < -0.3 is 14.4 Å². The van der Waals surface area contributed by atoms with Crippen LogP contribution >= 0.6 is 0 Å². The maximum absolute atomic E-state index is 8.76. The second kappa shape index (κ2) is 5.20. The van der Waals surface area contributed by atoms with Crippen LogP contribution in [-0.4, -0.2) is 53.0 Å². The molecule has 2 rings (SSSR count). The zero-order valence-corrected chi connectivity index (χ0v) is 8.56. The fourth-order valence-corrected chi connectivity index (χ4v) is 1.53. The van der Waals surface area contributed by atoms with Gasteiger partial charge in [0.05, 0.1) is 13.2 Å². The van der Waals surface area contributed by atoms with Gasteiger partial charge in [-0.2, -0.15) is 4.98 Å². The first-order chi connectivity index (χ1) is 7.38. The zero-order chi connectivity index (χ0) is 10.5. The third-order valence-electron chi connectivity index (χ3n) is 2.40. The van der Waals surface area contributed by atoms with E-state index in [9.17, 15) is 0 Å². The molecule has 0 atom stereocenters. The predicted octanol–water partition coefficient (Wildman–Crippen LogP) is -0.563. The normalized spacial score (nSPS) is 18.2. The number of hydrogen-bond donors (Lipinski definition) is 1. The molecule has 0 bridgehead atoms. The molecule has 1 aliphatic heterocycles. The van der Waals surface area contributed by atoms with Crippen molar-refractivity contribution >= 4 is 0 Å². The molecule has 0 spiro atoms. The van der Waals surface area contributed by atoms with Crippen molar-refractivity contribution in [3.05, 3.63) is 11.7 Å². The molecule has 1 aliphatic rings. The van der Waals surface area contributed by atoms with Gasteiger partial charge in [-0.05, 0) is 0 Å². The van der Waals surface area contributed by atoms with Crippen molar-refractivity contribution in [1.82, 2.24) is 15.0 Å². The molecular formula is C9H15N3O3. The van der Waals surface area contributed by atoms with E-state index in [1.54, 1.807) is 0 Å². The largest absolute Gasteiger partial charge is 0.388 e. The molecule has 0 saturated carbocycles. The fourth-order valence-electron chi connectivity index (χ4n) is 1.53. The van der Waals surface area contributed by atoms with Crippen LogP contribution in [-0.2, 0) is 17.8 Å². The molecule has 0 aliphatic carbocycles. The molecule has 1 saturated heterocycles. The minimum Gasteiger partial charge on any atom is -0.388 e. The highest BCUT2D eigenvalue weighted by atomic mass is 16.5. The minimum absolute atomic E-state index is 0.166. The fraction of sp³-hybridized carbons (Fsp3) is 0.778. The third kappa shape index (κ3) is 2.98. The van der Waals surface area contributed by atoms with Crippen LogP contribution in [0.3, 0.4) is 0 Å². The van der Waals surface area contributed by atoms with E-state index >= 15 is 0 Å². The van der Waals surface area contributed by atoms with E-state index in [-0.39, 0.29) is 6.61 Å². The van der Waals surface area contributed by atoms with E-state index in [0.29, 0.717) is 11.7 Å². The summed E-state index contributed by atoms with van der Waals surface area (Å²) in [6.45, 7) is 4.25. The van der Waals surface area contributed by atoms with E-state index < -0.39 is 0 Å². The van der Waals surface area contributed by atoms with Crippen molar-refractivity contribution in [3.8, 4) is 0 Å². The van der Waals surface area contributed by atoms with Gasteiger partial charge in [-0.25, -0.2) is 0 Å². The van der Waals surface area contributed by atoms with Gasteiger partial charge in [0.25, 0.3) is 0 Å². The number of aromatic nitrogens is 2. The summed E-state index contributed by atoms with van der Waals surface area (Å²) in [5, 5.41) is 12.4. The molecule has 1 fully saturated rings. The molecule has 6 nitrogen and oxygen atoms in total. The summed E-state index contributed by atoms with van der Waals surface area (Å²) in [4.78, 5) is 6.33. The second-order valence-corrected chi connectivity index (χ2v) is 3.47. The van der Waals surface area contributed by atoms with E-state index in [4.69, 9.17) is 14.4 Å². The van der Waals surface area contributed by atoms with Crippen LogP contribution in [0, 0.1) is 0 Å². The molecule has 84 valence electrons. The van der Waals surface area contributed by atoms with Crippen molar-refractivity contribution in [2.24, 2.45) is 0 Å². The number of aliphatic hydroxyl groups excluding tert-OH is 1. The first-order valence-electron chi connectivity index (χ1n) is 5.11. The van der Waals surface area contributed by atoms with Crippen LogP contribution in [0.25, 0.3) is 0 Å². The van der Waals surface area contributed by atoms with Crippen molar-refractivity contribution in [2.75, 3.05) is 32.8 Å². The lowest BCUT2D eigenvalue weighted by Gasteiger charge is -2.25. The number of nitrogens with zero attached hydrogens (tertiary/aromatic N) is 3. The standard InChI is InChI=1S/C9H15N3O3/c13-7-8-10-9(15-11-8)1-2-12-3-5-14-6-4-12/h13H,1-7H2. The topological polar surface area (TPSA) is 71.6 Å². The van der Waals surface area contributed by atoms with Crippen molar-refractivity contribution in [1.29, 1.82) is 0 Å². The first kappa shape index (κ1) is 10.5. The SMILES string of the molecule is OCc1noc(CCN2CCOCC2)n1. The monoisotopic (exact) mass is 213 g/mol. The molecule has 15 heavy (non-hydrogen) atoms. The Hall–Kier alpha value is -0.980. The van der Waals surface area contributed by atoms with Gasteiger partial charge in [-0.15, -0.1) is 0 Å². The molecule has 0 aromatic carbocycles. The van der Waals surface area contributed by atoms with Gasteiger partial charge in [0.2, 0.25) is 5.89 Å². The van der Waals surface area contributed by atoms with Crippen LogP contribution in [0.15, 0.2) is 4.52 Å². The lowest BCUT2D eigenvalue weighted by molar-refractivity contribution is 0.0375. The van der Waals surface area contributed by atoms with Gasteiger partial charge in [0, 0.05) is 26.1 Å². The summed E-state index contributed by atoms with van der Waals surface area (Å²) in [6, 6.07) is 0. The minimum atomic E-state index is -0.166. The highest BCUT2D eigenvalue weighted by Crippen LogP contribution is 2.02. The highest BCUT2D eigenvalue weighted by molar-refractivity contribution is 4.85. The first-order valence-corrected chi connectivity index (χ1v) is 5.11. The molecule has 0 radical (unpaired) electrons. The second-order valence-electron chi connectivity index (χ2n) is 3.47. The maximum Gasteiger partial charge on any atom is 0.228 e. The molecule has 6 heteroatoms. The Balaban J connectivity index is 1.76. The van der Waals surface area contributed by atoms with E-state index in [0.717, 1.165) is 39.3 Å². The van der Waals surface area contributed by atoms with Crippen LogP contribution in [0.5, 0.6) is 0 Å². The summed E-state index contributed by atoms with van der Waals surface area (Å²) < 4.78 is 10.2. The molecule has 2 heterocycles. The average Bonchev–Trinajstić information content (AvgIpc) is 2.76. The summed E-state index contributed by atoms with van der Waals surface area (Å²) in [5.74, 6) is 0.942. The van der Waals surface area contributed by atoms with Gasteiger partial charge in [-0.3, -0.25) is 4.90 Å². The zero-order valence-electron chi connectivity index (χ0n) is 8.56. The summed E-state index contributed by atoms with van der Waals surface area (Å²) in [5.41, 5.74) is 0. The summed E-state index contributed by atoms with van der Waals surface area (Å²) >= 11 is 0. The molecule has 0 amide bonds. The van der Waals surface area contributed by atoms with E-state index in [1.165, 1.54) is 0 Å². The number of rotatable bonds is 4. The predicted molar refractivity (Wildman–Crippen MR) is 51.2 cm³/mol. The van der Waals surface area contributed by atoms with Gasteiger partial charge in [0.15, 0.2) is 5.82 Å². The Morgan fingerprint density at radius 2 is 2.13 bits per heavy atom. The van der Waals surface area contributed by atoms with E-state index in [2.05, 4.69) is 15.0 Å². The summed E-state index contributed by atoms with van der Waals surface area (Å²) in [6.07, 6.45) is 0.729. The number of hydrogen-bond acceptors (Lipinski definition) is 6. The number of ether oxygens (including phenoxy) is 1. The van der Waals surface area contributed by atoms with Crippen LogP contribution < -0.4 is 0 Å². The average molecular weight is 213 g/mol. The molecule has 0 unspecified atom stereocenters. The van der Waals surface area contributed by atoms with Crippen molar-refractivity contribution < 1.29 is 14.4 Å². The molecule has 1 aromatic rings. The van der Waals surface area contributed by atoms with Crippen LogP contribution in [0.1, 0.15) is 11.7 Å². The molecule has 1 N–H and O–H groups in total. The summed E-state index contributed by atoms with van der Waals surface area (Å²) in [7, 11) is 0. The lowest BCUT2D eigenvalue weighted by Crippen LogP contribution is -2.37. The van der Waals surface area contributed by atoms with Gasteiger partial charge >= 0.3 is 0 Å². The number of morpholine rings is 1. The quantitative estimate of drug-likeness (QED) is 0.722. The van der Waals surface area contributed by atoms with Crippen LogP contribution in [0.4, 0.5) is 0 Å². The highest BCUT2D eigenvalue weighted by Gasteiger charge is 2.12. The lowest BCUT2D eigenvalue weighted by atomic mass is 10.3. The van der Waals surface area contributed by atoms with Gasteiger partial charge in [0.1, 0.15) is 6.61 Å². The van der Waals surface area contributed by atoms with Crippen molar-refractivity contribution in [3.63, 3.8) is 0 Å². The van der Waals surface area contributed by atoms with Gasteiger partial charge in [-0.1, -0.05) is 5.16 Å². The Labute approximate surface area is 87.8 Å². The van der Waals surface area contributed by atoms with E-state index in [1.807, 2.05) is 0 Å². The molecule has 1 aromatic heterocycles.